The highest BCUT2D eigenvalue weighted by molar-refractivity contribution is 5.92. The number of aliphatic hydroxyl groups excluding tert-OH is 2. The topological polar surface area (TPSA) is 99.9 Å². The molecule has 0 unspecified atom stereocenters. The number of nitrogens with one attached hydrogen (secondary N) is 1. The number of carbonyl (C=O) groups excluding carboxylic acids is 1. The van der Waals surface area contributed by atoms with E-state index in [2.05, 4.69) is 24.3 Å². The first kappa shape index (κ1) is 19.8. The second-order valence-corrected chi connectivity index (χ2v) is 7.26. The van der Waals surface area contributed by atoms with E-state index >= 15 is 0 Å². The number of aryl methyl sites for hydroxylation is 1. The maximum Gasteiger partial charge on any atom is 0.238 e. The number of amides is 1. The molecule has 0 aliphatic carbocycles. The Morgan fingerprint density at radius 1 is 1.48 bits per heavy atom. The normalized spacial score (nSPS) is 24.1. The molecule has 0 bridgehead atoms. The van der Waals surface area contributed by atoms with Gasteiger partial charge in [-0.25, -0.2) is 0 Å². The highest BCUT2D eigenvalue weighted by atomic mass is 16.5. The van der Waals surface area contributed by atoms with Crippen molar-refractivity contribution < 1.29 is 19.7 Å². The molecule has 3 atom stereocenters. The van der Waals surface area contributed by atoms with E-state index in [1.54, 1.807) is 10.9 Å². The van der Waals surface area contributed by atoms with Gasteiger partial charge in [0.05, 0.1) is 43.4 Å². The molecule has 1 fully saturated rings. The summed E-state index contributed by atoms with van der Waals surface area (Å²) in [6.45, 7) is 8.03. The molecule has 0 radical (unpaired) electrons. The number of aromatic nitrogens is 2. The summed E-state index contributed by atoms with van der Waals surface area (Å²) in [5.41, 5.74) is 1.59. The SMILES string of the molecule is Cc1c(NC(=O)CN(CC(C)C)C[C@@H]2COC[C@@H](O)[C@H]2O)cnn1C. The van der Waals surface area contributed by atoms with Crippen LogP contribution in [0, 0.1) is 18.8 Å². The van der Waals surface area contributed by atoms with Gasteiger partial charge in [0.1, 0.15) is 6.10 Å². The summed E-state index contributed by atoms with van der Waals surface area (Å²) >= 11 is 0. The van der Waals surface area contributed by atoms with Crippen LogP contribution in [0.25, 0.3) is 0 Å². The lowest BCUT2D eigenvalue weighted by atomic mass is 9.95. The Morgan fingerprint density at radius 2 is 2.20 bits per heavy atom. The predicted molar refractivity (Wildman–Crippen MR) is 94.2 cm³/mol. The number of hydrogen-bond acceptors (Lipinski definition) is 6. The number of anilines is 1. The molecule has 2 heterocycles. The third-order valence-corrected chi connectivity index (χ3v) is 4.49. The summed E-state index contributed by atoms with van der Waals surface area (Å²) in [7, 11) is 1.83. The van der Waals surface area contributed by atoms with Crippen molar-refractivity contribution in [3.05, 3.63) is 11.9 Å². The van der Waals surface area contributed by atoms with Crippen LogP contribution in [-0.4, -0.2) is 75.9 Å². The number of rotatable bonds is 7. The van der Waals surface area contributed by atoms with Gasteiger partial charge < -0.3 is 20.3 Å². The van der Waals surface area contributed by atoms with Crippen molar-refractivity contribution in [2.75, 3.05) is 38.2 Å². The Hall–Kier alpha value is -1.48. The first-order chi connectivity index (χ1) is 11.8. The maximum atomic E-state index is 12.4. The summed E-state index contributed by atoms with van der Waals surface area (Å²) in [4.78, 5) is 14.4. The molecule has 8 nitrogen and oxygen atoms in total. The molecular formula is C17H30N4O4. The quantitative estimate of drug-likeness (QED) is 0.637. The van der Waals surface area contributed by atoms with Gasteiger partial charge in [0, 0.05) is 26.1 Å². The number of ether oxygens (including phenoxy) is 1. The van der Waals surface area contributed by atoms with Crippen molar-refractivity contribution >= 4 is 11.6 Å². The Morgan fingerprint density at radius 3 is 2.80 bits per heavy atom. The average molecular weight is 354 g/mol. The average Bonchev–Trinajstić information content (AvgIpc) is 2.83. The zero-order valence-electron chi connectivity index (χ0n) is 15.5. The molecule has 25 heavy (non-hydrogen) atoms. The lowest BCUT2D eigenvalue weighted by Gasteiger charge is -2.35. The highest BCUT2D eigenvalue weighted by Gasteiger charge is 2.33. The van der Waals surface area contributed by atoms with Gasteiger partial charge >= 0.3 is 0 Å². The summed E-state index contributed by atoms with van der Waals surface area (Å²) < 4.78 is 7.05. The zero-order chi connectivity index (χ0) is 18.6. The highest BCUT2D eigenvalue weighted by Crippen LogP contribution is 2.18. The Labute approximate surface area is 148 Å². The Kier molecular flexibility index (Phi) is 6.95. The van der Waals surface area contributed by atoms with Crippen LogP contribution in [0.2, 0.25) is 0 Å². The largest absolute Gasteiger partial charge is 0.390 e. The summed E-state index contributed by atoms with van der Waals surface area (Å²) in [5.74, 6) is 0.0402. The zero-order valence-corrected chi connectivity index (χ0v) is 15.5. The predicted octanol–water partition coefficient (Wildman–Crippen LogP) is -0.00678. The summed E-state index contributed by atoms with van der Waals surface area (Å²) in [6.07, 6.45) is -0.0617. The number of aliphatic hydroxyl groups is 2. The van der Waals surface area contributed by atoms with Gasteiger partial charge in [-0.15, -0.1) is 0 Å². The van der Waals surface area contributed by atoms with E-state index < -0.39 is 12.2 Å². The fourth-order valence-corrected chi connectivity index (χ4v) is 3.08. The minimum atomic E-state index is -0.869. The summed E-state index contributed by atoms with van der Waals surface area (Å²) in [6, 6.07) is 0. The minimum Gasteiger partial charge on any atom is -0.390 e. The molecule has 0 saturated carbocycles. The molecular weight excluding hydrogens is 324 g/mol. The number of carbonyl (C=O) groups is 1. The van der Waals surface area contributed by atoms with E-state index in [0.717, 1.165) is 12.2 Å². The van der Waals surface area contributed by atoms with Crippen molar-refractivity contribution in [3.63, 3.8) is 0 Å². The van der Waals surface area contributed by atoms with E-state index in [1.807, 2.05) is 18.9 Å². The lowest BCUT2D eigenvalue weighted by molar-refractivity contribution is -0.129. The fraction of sp³-hybridized carbons (Fsp3) is 0.765. The lowest BCUT2D eigenvalue weighted by Crippen LogP contribution is -2.50. The van der Waals surface area contributed by atoms with Crippen LogP contribution in [0.15, 0.2) is 6.20 Å². The molecule has 0 spiro atoms. The van der Waals surface area contributed by atoms with Gasteiger partial charge in [-0.2, -0.15) is 5.10 Å². The van der Waals surface area contributed by atoms with Crippen molar-refractivity contribution in [3.8, 4) is 0 Å². The second-order valence-electron chi connectivity index (χ2n) is 7.26. The Bertz CT molecular complexity index is 575. The third-order valence-electron chi connectivity index (χ3n) is 4.49. The summed E-state index contributed by atoms with van der Waals surface area (Å²) in [5, 5.41) is 26.9. The molecule has 8 heteroatoms. The van der Waals surface area contributed by atoms with E-state index in [4.69, 9.17) is 4.74 Å². The molecule has 1 aliphatic heterocycles. The van der Waals surface area contributed by atoms with Gasteiger partial charge in [0.15, 0.2) is 0 Å². The van der Waals surface area contributed by atoms with E-state index in [0.29, 0.717) is 24.8 Å². The minimum absolute atomic E-state index is 0.122. The van der Waals surface area contributed by atoms with Crippen LogP contribution < -0.4 is 5.32 Å². The van der Waals surface area contributed by atoms with Crippen molar-refractivity contribution in [2.24, 2.45) is 18.9 Å². The molecule has 142 valence electrons. The third kappa shape index (κ3) is 5.50. The van der Waals surface area contributed by atoms with Gasteiger partial charge in [-0.1, -0.05) is 13.8 Å². The monoisotopic (exact) mass is 354 g/mol. The van der Waals surface area contributed by atoms with Crippen LogP contribution in [0.3, 0.4) is 0 Å². The molecule has 2 rings (SSSR count). The van der Waals surface area contributed by atoms with Crippen LogP contribution in [-0.2, 0) is 16.6 Å². The molecule has 0 aromatic carbocycles. The molecule has 1 aliphatic rings. The van der Waals surface area contributed by atoms with Crippen molar-refractivity contribution in [1.82, 2.24) is 14.7 Å². The molecule has 3 N–H and O–H groups in total. The maximum absolute atomic E-state index is 12.4. The number of hydrogen-bond donors (Lipinski definition) is 3. The first-order valence-corrected chi connectivity index (χ1v) is 8.72. The van der Waals surface area contributed by atoms with E-state index in [9.17, 15) is 15.0 Å². The van der Waals surface area contributed by atoms with E-state index in [1.165, 1.54) is 0 Å². The molecule has 1 saturated heterocycles. The fourth-order valence-electron chi connectivity index (χ4n) is 3.08. The van der Waals surface area contributed by atoms with Crippen LogP contribution in [0.5, 0.6) is 0 Å². The van der Waals surface area contributed by atoms with Gasteiger partial charge in [0.25, 0.3) is 0 Å². The van der Waals surface area contributed by atoms with Gasteiger partial charge in [-0.05, 0) is 12.8 Å². The molecule has 1 amide bonds. The van der Waals surface area contributed by atoms with Crippen LogP contribution in [0.4, 0.5) is 5.69 Å². The van der Waals surface area contributed by atoms with E-state index in [-0.39, 0.29) is 25.0 Å². The smallest absolute Gasteiger partial charge is 0.238 e. The standard InChI is InChI=1S/C17H30N4O4/c1-11(2)6-21(7-13-9-25-10-15(22)17(13)24)8-16(23)19-14-5-18-20(4)12(14)3/h5,11,13,15,17,22,24H,6-10H2,1-4H3,(H,19,23)/t13-,15-,17+/m1/s1. The van der Waals surface area contributed by atoms with Gasteiger partial charge in [-0.3, -0.25) is 14.4 Å². The second kappa shape index (κ2) is 8.75. The van der Waals surface area contributed by atoms with Crippen LogP contribution >= 0.6 is 0 Å². The first-order valence-electron chi connectivity index (χ1n) is 8.72. The molecule has 1 aromatic heterocycles. The Balaban J connectivity index is 1.96. The molecule has 1 aromatic rings. The van der Waals surface area contributed by atoms with Crippen LogP contribution in [0.1, 0.15) is 19.5 Å². The van der Waals surface area contributed by atoms with Gasteiger partial charge in [0.2, 0.25) is 5.91 Å². The van der Waals surface area contributed by atoms with Crippen molar-refractivity contribution in [1.29, 1.82) is 0 Å². The number of nitrogens with zero attached hydrogens (tertiary/aromatic N) is 3. The van der Waals surface area contributed by atoms with Crippen molar-refractivity contribution in [2.45, 2.75) is 33.0 Å².